The number of hydrogen-bond donors (Lipinski definition) is 1. The third-order valence-corrected chi connectivity index (χ3v) is 6.19. The fourth-order valence-corrected chi connectivity index (χ4v) is 4.57. The topological polar surface area (TPSA) is 69.7 Å². The Morgan fingerprint density at radius 3 is 2.16 bits per heavy atom. The maximum Gasteiger partial charge on any atom is 0.283 e. The van der Waals surface area contributed by atoms with E-state index in [-0.39, 0.29) is 32.4 Å². The highest BCUT2D eigenvalue weighted by molar-refractivity contribution is 6.53. The minimum absolute atomic E-state index is 0.0559. The van der Waals surface area contributed by atoms with Gasteiger partial charge < -0.3 is 10.2 Å². The molecule has 2 heterocycles. The lowest BCUT2D eigenvalue weighted by molar-refractivity contribution is -0.120. The van der Waals surface area contributed by atoms with Gasteiger partial charge in [0.15, 0.2) is 0 Å². The summed E-state index contributed by atoms with van der Waals surface area (Å²) in [6.07, 6.45) is 4.24. The molecule has 2 aromatic carbocycles. The van der Waals surface area contributed by atoms with Crippen molar-refractivity contribution in [2.45, 2.75) is 25.7 Å². The number of imide groups is 1. The van der Waals surface area contributed by atoms with Crippen molar-refractivity contribution >= 4 is 63.9 Å². The summed E-state index contributed by atoms with van der Waals surface area (Å²) in [4.78, 5) is 41.4. The van der Waals surface area contributed by atoms with Gasteiger partial charge in [0.2, 0.25) is 0 Å². The molecule has 3 amide bonds. The molecular formula is C23H20Cl3N3O3. The molecule has 6 nitrogen and oxygen atoms in total. The molecule has 32 heavy (non-hydrogen) atoms. The van der Waals surface area contributed by atoms with Crippen LogP contribution in [0.3, 0.4) is 0 Å². The van der Waals surface area contributed by atoms with Crippen molar-refractivity contribution in [2.75, 3.05) is 23.3 Å². The van der Waals surface area contributed by atoms with Crippen LogP contribution in [0.4, 0.5) is 11.4 Å². The fraction of sp³-hybridized carbons (Fsp3) is 0.261. The number of anilines is 2. The van der Waals surface area contributed by atoms with Gasteiger partial charge in [-0.05, 0) is 49.2 Å². The van der Waals surface area contributed by atoms with Crippen molar-refractivity contribution in [1.29, 1.82) is 0 Å². The molecule has 2 aromatic rings. The molecule has 1 saturated heterocycles. The van der Waals surface area contributed by atoms with Gasteiger partial charge in [0, 0.05) is 34.4 Å². The molecule has 1 N–H and O–H groups in total. The van der Waals surface area contributed by atoms with Crippen LogP contribution < -0.4 is 10.2 Å². The Labute approximate surface area is 200 Å². The van der Waals surface area contributed by atoms with Crippen LogP contribution in [0.1, 0.15) is 36.0 Å². The van der Waals surface area contributed by atoms with Crippen molar-refractivity contribution in [2.24, 2.45) is 0 Å². The first-order valence-corrected chi connectivity index (χ1v) is 11.4. The zero-order chi connectivity index (χ0) is 22.8. The second kappa shape index (κ2) is 9.53. The number of carbonyl (C=O) groups is 3. The molecule has 0 unspecified atom stereocenters. The van der Waals surface area contributed by atoms with Crippen molar-refractivity contribution in [3.05, 3.63) is 68.8 Å². The van der Waals surface area contributed by atoms with Gasteiger partial charge in [-0.2, -0.15) is 0 Å². The Morgan fingerprint density at radius 2 is 1.50 bits per heavy atom. The van der Waals surface area contributed by atoms with Gasteiger partial charge in [0.25, 0.3) is 17.7 Å². The van der Waals surface area contributed by atoms with Crippen LogP contribution in [-0.2, 0) is 9.59 Å². The first-order chi connectivity index (χ1) is 15.3. The lowest BCUT2D eigenvalue weighted by Gasteiger charge is -2.20. The average Bonchev–Trinajstić information content (AvgIpc) is 2.96. The summed E-state index contributed by atoms with van der Waals surface area (Å²) in [6, 6.07) is 11.2. The molecule has 2 aliphatic rings. The number of benzene rings is 2. The Balaban J connectivity index is 1.56. The Morgan fingerprint density at radius 1 is 0.844 bits per heavy atom. The monoisotopic (exact) mass is 491 g/mol. The molecule has 0 aromatic heterocycles. The molecule has 4 rings (SSSR count). The maximum absolute atomic E-state index is 13.0. The van der Waals surface area contributed by atoms with Crippen LogP contribution >= 0.6 is 34.8 Å². The highest BCUT2D eigenvalue weighted by Crippen LogP contribution is 2.33. The first-order valence-electron chi connectivity index (χ1n) is 10.3. The third-order valence-electron chi connectivity index (χ3n) is 5.40. The smallest absolute Gasteiger partial charge is 0.283 e. The number of carbonyl (C=O) groups excluding carboxylic acids is 3. The number of hydrogen-bond acceptors (Lipinski definition) is 4. The molecule has 0 radical (unpaired) electrons. The molecule has 9 heteroatoms. The maximum atomic E-state index is 13.0. The summed E-state index contributed by atoms with van der Waals surface area (Å²) < 4.78 is 0. The van der Waals surface area contributed by atoms with Crippen LogP contribution in [0.25, 0.3) is 0 Å². The van der Waals surface area contributed by atoms with Gasteiger partial charge in [0.1, 0.15) is 10.7 Å². The minimum atomic E-state index is -0.686. The van der Waals surface area contributed by atoms with Crippen molar-refractivity contribution in [1.82, 2.24) is 4.90 Å². The third kappa shape index (κ3) is 4.63. The number of rotatable bonds is 4. The van der Waals surface area contributed by atoms with Crippen molar-refractivity contribution in [3.63, 3.8) is 0 Å². The lowest BCUT2D eigenvalue weighted by Crippen LogP contribution is -2.32. The summed E-state index contributed by atoms with van der Waals surface area (Å²) in [5.74, 6) is -1.38. The normalized spacial score (nSPS) is 17.1. The van der Waals surface area contributed by atoms with E-state index in [4.69, 9.17) is 34.8 Å². The van der Waals surface area contributed by atoms with E-state index in [1.54, 1.807) is 24.3 Å². The predicted octanol–water partition coefficient (Wildman–Crippen LogP) is 5.45. The second-order valence-corrected chi connectivity index (χ2v) is 8.93. The molecule has 166 valence electrons. The van der Waals surface area contributed by atoms with Crippen LogP contribution in [-0.4, -0.2) is 35.7 Å². The average molecular weight is 493 g/mol. The minimum Gasteiger partial charge on any atom is -0.350 e. The highest BCUT2D eigenvalue weighted by atomic mass is 35.5. The fourth-order valence-electron chi connectivity index (χ4n) is 3.84. The summed E-state index contributed by atoms with van der Waals surface area (Å²) in [5, 5.41) is 3.22. The SMILES string of the molecule is O=C(c1cccc(NC2=C(Cl)C(=O)N(c3cc(Cl)cc(Cl)c3)C2=O)c1)N1CCCCCC1. The van der Waals surface area contributed by atoms with Crippen molar-refractivity contribution in [3.8, 4) is 0 Å². The van der Waals surface area contributed by atoms with E-state index in [1.165, 1.54) is 18.2 Å². The Kier molecular flexibility index (Phi) is 6.74. The van der Waals surface area contributed by atoms with Crippen LogP contribution in [0, 0.1) is 0 Å². The Hall–Kier alpha value is -2.54. The van der Waals surface area contributed by atoms with Gasteiger partial charge in [-0.1, -0.05) is 53.7 Å². The summed E-state index contributed by atoms with van der Waals surface area (Å²) >= 11 is 18.2. The number of nitrogens with one attached hydrogen (secondary N) is 1. The van der Waals surface area contributed by atoms with E-state index in [2.05, 4.69) is 5.32 Å². The molecule has 0 saturated carbocycles. The predicted molar refractivity (Wildman–Crippen MR) is 126 cm³/mol. The van der Waals surface area contributed by atoms with Crippen LogP contribution in [0.2, 0.25) is 10.0 Å². The number of likely N-dealkylation sites (tertiary alicyclic amines) is 1. The number of halogens is 3. The van der Waals surface area contributed by atoms with Gasteiger partial charge >= 0.3 is 0 Å². The van der Waals surface area contributed by atoms with E-state index in [0.29, 0.717) is 11.3 Å². The zero-order valence-corrected chi connectivity index (χ0v) is 19.3. The molecule has 1 fully saturated rings. The molecule has 2 aliphatic heterocycles. The van der Waals surface area contributed by atoms with E-state index in [0.717, 1.165) is 43.7 Å². The molecular weight excluding hydrogens is 473 g/mol. The van der Waals surface area contributed by atoms with Crippen LogP contribution in [0.15, 0.2) is 53.2 Å². The van der Waals surface area contributed by atoms with E-state index < -0.39 is 11.8 Å². The largest absolute Gasteiger partial charge is 0.350 e. The van der Waals surface area contributed by atoms with Gasteiger partial charge in [-0.3, -0.25) is 14.4 Å². The van der Waals surface area contributed by atoms with Crippen molar-refractivity contribution < 1.29 is 14.4 Å². The Bertz CT molecular complexity index is 1100. The van der Waals surface area contributed by atoms with E-state index >= 15 is 0 Å². The van der Waals surface area contributed by atoms with Gasteiger partial charge in [0.05, 0.1) is 5.69 Å². The van der Waals surface area contributed by atoms with Crippen LogP contribution in [0.5, 0.6) is 0 Å². The summed E-state index contributed by atoms with van der Waals surface area (Å²) in [7, 11) is 0. The first kappa shape index (κ1) is 22.6. The number of nitrogens with zero attached hydrogens (tertiary/aromatic N) is 2. The molecule has 0 aliphatic carbocycles. The molecule has 0 bridgehead atoms. The quantitative estimate of drug-likeness (QED) is 0.577. The standard InChI is InChI=1S/C23H20Cl3N3O3/c24-15-11-16(25)13-18(12-15)29-22(31)19(26)20(23(29)32)27-17-7-5-6-14(10-17)21(30)28-8-3-1-2-4-9-28/h5-7,10-13,27H,1-4,8-9H2. The summed E-state index contributed by atoms with van der Waals surface area (Å²) in [5.41, 5.74) is 1.12. The van der Waals surface area contributed by atoms with E-state index in [9.17, 15) is 14.4 Å². The van der Waals surface area contributed by atoms with E-state index in [1.807, 2.05) is 4.90 Å². The molecule has 0 spiro atoms. The van der Waals surface area contributed by atoms with Gasteiger partial charge in [-0.25, -0.2) is 4.90 Å². The van der Waals surface area contributed by atoms with Gasteiger partial charge in [-0.15, -0.1) is 0 Å². The second-order valence-electron chi connectivity index (χ2n) is 7.67. The highest BCUT2D eigenvalue weighted by Gasteiger charge is 2.39. The summed E-state index contributed by atoms with van der Waals surface area (Å²) in [6.45, 7) is 1.47. The lowest BCUT2D eigenvalue weighted by atomic mass is 10.1. The zero-order valence-electron chi connectivity index (χ0n) is 17.0. The number of amides is 3. The molecule has 0 atom stereocenters.